The van der Waals surface area contributed by atoms with Crippen LogP contribution in [0.2, 0.25) is 0 Å². The van der Waals surface area contributed by atoms with Crippen molar-refractivity contribution >= 4 is 23.7 Å². The molecule has 1 aromatic heterocycles. The van der Waals surface area contributed by atoms with Crippen LogP contribution in [0.5, 0.6) is 5.75 Å². The van der Waals surface area contributed by atoms with E-state index in [0.29, 0.717) is 18.1 Å². The molecule has 0 fully saturated rings. The first-order valence-corrected chi connectivity index (χ1v) is 12.5. The van der Waals surface area contributed by atoms with Crippen molar-refractivity contribution in [3.63, 3.8) is 0 Å². The molecule has 1 atom stereocenters. The van der Waals surface area contributed by atoms with Gasteiger partial charge in [0.1, 0.15) is 18.2 Å². The average Bonchev–Trinajstić information content (AvgIpc) is 2.78. The van der Waals surface area contributed by atoms with Crippen LogP contribution < -0.4 is 15.2 Å². The fourth-order valence-electron chi connectivity index (χ4n) is 3.55. The van der Waals surface area contributed by atoms with E-state index in [1.165, 1.54) is 23.1 Å². The number of ether oxygens (including phenoxy) is 1. The minimum absolute atomic E-state index is 0.0359. The van der Waals surface area contributed by atoms with E-state index >= 15 is 0 Å². The van der Waals surface area contributed by atoms with Crippen LogP contribution in [0.3, 0.4) is 0 Å². The van der Waals surface area contributed by atoms with Crippen LogP contribution in [0.15, 0.2) is 60.7 Å². The molecule has 4 N–H and O–H groups in total. The summed E-state index contributed by atoms with van der Waals surface area (Å²) in [6.45, 7) is 9.07. The number of rotatable bonds is 9. The Hall–Kier alpha value is -3.03. The fourth-order valence-corrected chi connectivity index (χ4v) is 3.86. The Balaban J connectivity index is 0.000000379. The number of nitrogens with one attached hydrogen (secondary N) is 1. The molecular weight excluding hydrogens is 446 g/mol. The van der Waals surface area contributed by atoms with Crippen LogP contribution in [0.1, 0.15) is 41.8 Å². The topological polar surface area (TPSA) is 97.5 Å². The Morgan fingerprint density at radius 1 is 1.09 bits per heavy atom. The highest BCUT2D eigenvalue weighted by Gasteiger charge is 2.12. The standard InChI is InChI=1S/C20H29N3OS.C7H6O2/c1-13(2)9-16(21)12-24-17-10-18(22-19(11-17)23-25-5)20-14(3)7-6-8-15(20)4;8-7(9)6-4-2-1-3-5-6/h6-8,10-11,13,16H,9,12,21H2,1-5H3,(H,22,23);1-5H,(H,8,9). The van der Waals surface area contributed by atoms with Crippen molar-refractivity contribution in [1.82, 2.24) is 4.98 Å². The molecule has 0 aliphatic rings. The molecule has 0 amide bonds. The maximum absolute atomic E-state index is 10.2. The zero-order chi connectivity index (χ0) is 25.1. The van der Waals surface area contributed by atoms with Gasteiger partial charge in [-0.25, -0.2) is 9.78 Å². The van der Waals surface area contributed by atoms with Crippen molar-refractivity contribution in [2.75, 3.05) is 17.6 Å². The lowest BCUT2D eigenvalue weighted by molar-refractivity contribution is 0.0697. The molecule has 1 unspecified atom stereocenters. The van der Waals surface area contributed by atoms with E-state index in [-0.39, 0.29) is 6.04 Å². The number of carboxylic acids is 1. The van der Waals surface area contributed by atoms with Gasteiger partial charge in [-0.3, -0.25) is 0 Å². The smallest absolute Gasteiger partial charge is 0.335 e. The minimum atomic E-state index is -0.879. The van der Waals surface area contributed by atoms with Crippen LogP contribution in [0.4, 0.5) is 5.82 Å². The highest BCUT2D eigenvalue weighted by Crippen LogP contribution is 2.30. The fraction of sp³-hybridized carbons (Fsp3) is 0.333. The van der Waals surface area contributed by atoms with Gasteiger partial charge in [0, 0.05) is 30.0 Å². The average molecular weight is 482 g/mol. The molecule has 2 aromatic carbocycles. The quantitative estimate of drug-likeness (QED) is 0.313. The number of aromatic carboxylic acids is 1. The molecule has 182 valence electrons. The second-order valence-corrected chi connectivity index (χ2v) is 9.13. The molecule has 6 nitrogen and oxygen atoms in total. The number of aryl methyl sites for hydroxylation is 2. The third-order valence-electron chi connectivity index (χ3n) is 5.00. The molecule has 34 heavy (non-hydrogen) atoms. The van der Waals surface area contributed by atoms with E-state index in [0.717, 1.165) is 29.2 Å². The van der Waals surface area contributed by atoms with Gasteiger partial charge in [-0.2, -0.15) is 0 Å². The van der Waals surface area contributed by atoms with E-state index in [1.807, 2.05) is 18.4 Å². The van der Waals surface area contributed by atoms with Gasteiger partial charge in [-0.1, -0.05) is 62.2 Å². The highest BCUT2D eigenvalue weighted by molar-refractivity contribution is 7.99. The van der Waals surface area contributed by atoms with Crippen LogP contribution in [0, 0.1) is 19.8 Å². The van der Waals surface area contributed by atoms with Crippen molar-refractivity contribution in [1.29, 1.82) is 0 Å². The van der Waals surface area contributed by atoms with E-state index in [2.05, 4.69) is 50.6 Å². The zero-order valence-corrected chi connectivity index (χ0v) is 21.4. The van der Waals surface area contributed by atoms with Crippen molar-refractivity contribution < 1.29 is 14.6 Å². The van der Waals surface area contributed by atoms with E-state index in [9.17, 15) is 4.79 Å². The first kappa shape index (κ1) is 27.2. The summed E-state index contributed by atoms with van der Waals surface area (Å²) in [6, 6.07) is 18.5. The molecule has 7 heteroatoms. The Bertz CT molecular complexity index is 1040. The van der Waals surface area contributed by atoms with E-state index in [1.54, 1.807) is 30.3 Å². The van der Waals surface area contributed by atoms with Crippen LogP contribution in [0.25, 0.3) is 11.3 Å². The molecule has 0 spiro atoms. The van der Waals surface area contributed by atoms with E-state index in [4.69, 9.17) is 20.6 Å². The maximum atomic E-state index is 10.2. The summed E-state index contributed by atoms with van der Waals surface area (Å²) in [5, 5.41) is 8.38. The van der Waals surface area contributed by atoms with E-state index < -0.39 is 5.97 Å². The van der Waals surface area contributed by atoms with Crippen LogP contribution in [-0.4, -0.2) is 35.0 Å². The SMILES string of the molecule is CSNc1cc(OCC(N)CC(C)C)cc(-c2c(C)cccc2C)n1.O=C(O)c1ccccc1. The van der Waals surface area contributed by atoms with Crippen molar-refractivity contribution in [2.45, 2.75) is 40.2 Å². The second kappa shape index (κ2) is 13.6. The monoisotopic (exact) mass is 481 g/mol. The molecule has 0 saturated heterocycles. The molecule has 0 bridgehead atoms. The number of aromatic nitrogens is 1. The van der Waals surface area contributed by atoms with Crippen LogP contribution >= 0.6 is 11.9 Å². The Morgan fingerprint density at radius 2 is 1.74 bits per heavy atom. The third-order valence-corrected chi connectivity index (χ3v) is 5.41. The zero-order valence-electron chi connectivity index (χ0n) is 20.5. The van der Waals surface area contributed by atoms with Gasteiger partial charge in [-0.15, -0.1) is 0 Å². The minimum Gasteiger partial charge on any atom is -0.492 e. The number of benzene rings is 2. The second-order valence-electron chi connectivity index (χ2n) is 8.52. The van der Waals surface area contributed by atoms with Crippen molar-refractivity contribution in [3.05, 3.63) is 77.4 Å². The van der Waals surface area contributed by atoms with Gasteiger partial charge < -0.3 is 20.3 Å². The number of hydrogen-bond acceptors (Lipinski definition) is 6. The molecule has 1 heterocycles. The van der Waals surface area contributed by atoms with Gasteiger partial charge in [0.25, 0.3) is 0 Å². The van der Waals surface area contributed by atoms with Gasteiger partial charge in [0.2, 0.25) is 0 Å². The van der Waals surface area contributed by atoms with Gasteiger partial charge in [-0.05, 0) is 49.4 Å². The summed E-state index contributed by atoms with van der Waals surface area (Å²) in [6.07, 6.45) is 2.93. The Morgan fingerprint density at radius 3 is 2.26 bits per heavy atom. The van der Waals surface area contributed by atoms with Gasteiger partial charge in [0.05, 0.1) is 11.3 Å². The summed E-state index contributed by atoms with van der Waals surface area (Å²) in [5.41, 5.74) is 11.0. The summed E-state index contributed by atoms with van der Waals surface area (Å²) >= 11 is 1.52. The molecule has 0 radical (unpaired) electrons. The lowest BCUT2D eigenvalue weighted by Crippen LogP contribution is -2.29. The molecule has 0 aliphatic carbocycles. The number of nitrogens with two attached hydrogens (primary N) is 1. The molecule has 3 rings (SSSR count). The summed E-state index contributed by atoms with van der Waals surface area (Å²) in [5.74, 6) is 1.27. The third kappa shape index (κ3) is 8.72. The highest BCUT2D eigenvalue weighted by atomic mass is 32.2. The van der Waals surface area contributed by atoms with Gasteiger partial charge in [0.15, 0.2) is 0 Å². The Kier molecular flexibility index (Phi) is 10.9. The Labute approximate surface area is 207 Å². The number of anilines is 1. The maximum Gasteiger partial charge on any atom is 0.335 e. The summed E-state index contributed by atoms with van der Waals surface area (Å²) < 4.78 is 9.19. The van der Waals surface area contributed by atoms with Gasteiger partial charge >= 0.3 is 5.97 Å². The molecule has 0 aliphatic heterocycles. The van der Waals surface area contributed by atoms with Crippen LogP contribution in [-0.2, 0) is 0 Å². The first-order valence-electron chi connectivity index (χ1n) is 11.3. The van der Waals surface area contributed by atoms with Crippen molar-refractivity contribution in [3.8, 4) is 17.0 Å². The summed E-state index contributed by atoms with van der Waals surface area (Å²) in [4.78, 5) is 14.9. The number of carbonyl (C=O) groups is 1. The number of carboxylic acid groups (broad SMARTS) is 1. The first-order chi connectivity index (χ1) is 16.2. The molecular formula is C27H35N3O3S. The predicted molar refractivity (Wildman–Crippen MR) is 143 cm³/mol. The number of hydrogen-bond donors (Lipinski definition) is 3. The lowest BCUT2D eigenvalue weighted by atomic mass is 9.99. The largest absolute Gasteiger partial charge is 0.492 e. The van der Waals surface area contributed by atoms with Crippen molar-refractivity contribution in [2.24, 2.45) is 11.7 Å². The normalized spacial score (nSPS) is 11.4. The summed E-state index contributed by atoms with van der Waals surface area (Å²) in [7, 11) is 0. The molecule has 0 saturated carbocycles. The number of pyridine rings is 1. The number of nitrogens with zero attached hydrogens (tertiary/aromatic N) is 1. The predicted octanol–water partition coefficient (Wildman–Crippen LogP) is 6.19. The molecule has 3 aromatic rings. The lowest BCUT2D eigenvalue weighted by Gasteiger charge is -2.17.